The zero-order chi connectivity index (χ0) is 9.68. The van der Waals surface area contributed by atoms with E-state index in [2.05, 4.69) is 50.4 Å². The Labute approximate surface area is 82.8 Å². The lowest BCUT2D eigenvalue weighted by Gasteiger charge is -1.97. The van der Waals surface area contributed by atoms with Gasteiger partial charge in [0.05, 0.1) is 0 Å². The first-order chi connectivity index (χ1) is 6.22. The van der Waals surface area contributed by atoms with Crippen molar-refractivity contribution in [2.75, 3.05) is 0 Å². The standard InChI is InChI=1S/C12H14Si/c1-4-11-5-7-12(8-6-11)13-9-10(2)3/h4-9H,1H2,2-3H3. The van der Waals surface area contributed by atoms with E-state index in [1.165, 1.54) is 16.3 Å². The highest BCUT2D eigenvalue weighted by molar-refractivity contribution is 6.58. The van der Waals surface area contributed by atoms with Crippen LogP contribution in [0.2, 0.25) is 0 Å². The van der Waals surface area contributed by atoms with Crippen LogP contribution in [-0.2, 0) is 0 Å². The molecular weight excluding hydrogens is 172 g/mol. The highest BCUT2D eigenvalue weighted by atomic mass is 28.2. The summed E-state index contributed by atoms with van der Waals surface area (Å²) in [7, 11) is 0.786. The van der Waals surface area contributed by atoms with Gasteiger partial charge in [-0.2, -0.15) is 0 Å². The first kappa shape index (κ1) is 10.0. The fraction of sp³-hybridized carbons (Fsp3) is 0.167. The SMILES string of the molecule is C=Cc1ccc([Si]C=C(C)C)cc1. The maximum absolute atomic E-state index is 3.73. The zero-order valence-corrected chi connectivity index (χ0v) is 9.17. The van der Waals surface area contributed by atoms with Gasteiger partial charge >= 0.3 is 0 Å². The Morgan fingerprint density at radius 3 is 2.31 bits per heavy atom. The summed E-state index contributed by atoms with van der Waals surface area (Å²) in [5, 5.41) is 1.38. The fourth-order valence-electron chi connectivity index (χ4n) is 0.943. The molecule has 66 valence electrons. The van der Waals surface area contributed by atoms with Crippen LogP contribution in [0.1, 0.15) is 19.4 Å². The van der Waals surface area contributed by atoms with Crippen molar-refractivity contribution in [1.29, 1.82) is 0 Å². The molecule has 0 saturated heterocycles. The van der Waals surface area contributed by atoms with Gasteiger partial charge in [0.15, 0.2) is 0 Å². The minimum atomic E-state index is 0.786. The molecule has 0 nitrogen and oxygen atoms in total. The van der Waals surface area contributed by atoms with Crippen LogP contribution >= 0.6 is 0 Å². The molecule has 0 aliphatic carbocycles. The van der Waals surface area contributed by atoms with E-state index in [0.29, 0.717) is 0 Å². The average molecular weight is 186 g/mol. The number of benzene rings is 1. The highest BCUT2D eigenvalue weighted by Gasteiger charge is 1.91. The molecular formula is C12H14Si. The Balaban J connectivity index is 2.69. The predicted molar refractivity (Wildman–Crippen MR) is 61.4 cm³/mol. The van der Waals surface area contributed by atoms with Gasteiger partial charge in [-0.05, 0) is 19.4 Å². The number of allylic oxidation sites excluding steroid dienone is 1. The van der Waals surface area contributed by atoms with Gasteiger partial charge in [-0.3, -0.25) is 0 Å². The van der Waals surface area contributed by atoms with Gasteiger partial charge in [-0.25, -0.2) is 0 Å². The van der Waals surface area contributed by atoms with Gasteiger partial charge in [-0.1, -0.05) is 53.4 Å². The van der Waals surface area contributed by atoms with E-state index >= 15 is 0 Å². The summed E-state index contributed by atoms with van der Waals surface area (Å²) in [4.78, 5) is 0. The largest absolute Gasteiger partial charge is 0.111 e. The Bertz CT molecular complexity index is 302. The average Bonchev–Trinajstić information content (AvgIpc) is 2.15. The molecule has 13 heavy (non-hydrogen) atoms. The summed E-state index contributed by atoms with van der Waals surface area (Å²) in [6.07, 6.45) is 1.87. The molecule has 0 saturated carbocycles. The second-order valence-electron chi connectivity index (χ2n) is 3.19. The molecule has 0 amide bonds. The first-order valence-corrected chi connectivity index (χ1v) is 5.42. The van der Waals surface area contributed by atoms with Gasteiger partial charge in [0.1, 0.15) is 9.52 Å². The van der Waals surface area contributed by atoms with Crippen molar-refractivity contribution < 1.29 is 0 Å². The maximum Gasteiger partial charge on any atom is 0.111 e. The normalized spacial score (nSPS) is 9.38. The second-order valence-corrected chi connectivity index (χ2v) is 4.35. The Hall–Kier alpha value is -1.08. The lowest BCUT2D eigenvalue weighted by molar-refractivity contribution is 1.41. The molecule has 0 unspecified atom stereocenters. The van der Waals surface area contributed by atoms with Crippen molar-refractivity contribution in [3.05, 3.63) is 47.7 Å². The van der Waals surface area contributed by atoms with Crippen LogP contribution in [0.25, 0.3) is 6.08 Å². The first-order valence-electron chi connectivity index (χ1n) is 4.35. The molecule has 1 aromatic rings. The van der Waals surface area contributed by atoms with Crippen molar-refractivity contribution >= 4 is 20.8 Å². The van der Waals surface area contributed by atoms with Crippen LogP contribution in [0.5, 0.6) is 0 Å². The third-order valence-electron chi connectivity index (χ3n) is 1.67. The molecule has 1 heteroatoms. The number of hydrogen-bond donors (Lipinski definition) is 0. The molecule has 0 atom stereocenters. The molecule has 0 heterocycles. The minimum Gasteiger partial charge on any atom is -0.0985 e. The summed E-state index contributed by atoms with van der Waals surface area (Å²) in [5.41, 5.74) is 4.83. The Morgan fingerprint density at radius 1 is 1.23 bits per heavy atom. The van der Waals surface area contributed by atoms with Crippen molar-refractivity contribution in [1.82, 2.24) is 0 Å². The van der Waals surface area contributed by atoms with Crippen molar-refractivity contribution in [3.63, 3.8) is 0 Å². The van der Waals surface area contributed by atoms with Gasteiger partial charge in [-0.15, -0.1) is 0 Å². The summed E-state index contributed by atoms with van der Waals surface area (Å²) >= 11 is 0. The van der Waals surface area contributed by atoms with Gasteiger partial charge in [0, 0.05) is 0 Å². The summed E-state index contributed by atoms with van der Waals surface area (Å²) < 4.78 is 0. The van der Waals surface area contributed by atoms with Crippen LogP contribution in [0.3, 0.4) is 0 Å². The third kappa shape index (κ3) is 3.43. The Kier molecular flexibility index (Phi) is 3.71. The molecule has 2 radical (unpaired) electrons. The van der Waals surface area contributed by atoms with Crippen LogP contribution < -0.4 is 5.19 Å². The molecule has 0 spiro atoms. The van der Waals surface area contributed by atoms with E-state index in [-0.39, 0.29) is 0 Å². The number of rotatable bonds is 3. The summed E-state index contributed by atoms with van der Waals surface area (Å²) in [6, 6.07) is 8.53. The predicted octanol–water partition coefficient (Wildman–Crippen LogP) is 2.58. The van der Waals surface area contributed by atoms with Crippen molar-refractivity contribution in [2.45, 2.75) is 13.8 Å². The topological polar surface area (TPSA) is 0 Å². The van der Waals surface area contributed by atoms with Gasteiger partial charge in [0.25, 0.3) is 0 Å². The zero-order valence-electron chi connectivity index (χ0n) is 8.17. The second kappa shape index (κ2) is 4.82. The smallest absolute Gasteiger partial charge is 0.0985 e. The molecule has 0 bridgehead atoms. The Morgan fingerprint density at radius 2 is 1.85 bits per heavy atom. The van der Waals surface area contributed by atoms with Crippen LogP contribution in [0, 0.1) is 0 Å². The van der Waals surface area contributed by atoms with Crippen LogP contribution in [0.15, 0.2) is 42.1 Å². The third-order valence-corrected chi connectivity index (χ3v) is 3.06. The summed E-state index contributed by atoms with van der Waals surface area (Å²) in [6.45, 7) is 7.99. The molecule has 0 aliphatic heterocycles. The fourth-order valence-corrected chi connectivity index (χ4v) is 1.76. The minimum absolute atomic E-state index is 0.786. The van der Waals surface area contributed by atoms with E-state index in [1.807, 2.05) is 6.08 Å². The lowest BCUT2D eigenvalue weighted by Crippen LogP contribution is -2.11. The quantitative estimate of drug-likeness (QED) is 0.637. The van der Waals surface area contributed by atoms with E-state index in [0.717, 1.165) is 9.52 Å². The highest BCUT2D eigenvalue weighted by Crippen LogP contribution is 1.97. The van der Waals surface area contributed by atoms with E-state index in [9.17, 15) is 0 Å². The van der Waals surface area contributed by atoms with Crippen LogP contribution in [-0.4, -0.2) is 9.52 Å². The molecule has 1 rings (SSSR count). The van der Waals surface area contributed by atoms with E-state index < -0.39 is 0 Å². The molecule has 0 fully saturated rings. The molecule has 1 aromatic carbocycles. The van der Waals surface area contributed by atoms with Crippen molar-refractivity contribution in [3.8, 4) is 0 Å². The van der Waals surface area contributed by atoms with Gasteiger partial charge < -0.3 is 0 Å². The van der Waals surface area contributed by atoms with Crippen molar-refractivity contribution in [2.24, 2.45) is 0 Å². The van der Waals surface area contributed by atoms with Crippen LogP contribution in [0.4, 0.5) is 0 Å². The monoisotopic (exact) mass is 186 g/mol. The number of hydrogen-bond acceptors (Lipinski definition) is 0. The molecule has 0 N–H and O–H groups in total. The van der Waals surface area contributed by atoms with E-state index in [4.69, 9.17) is 0 Å². The maximum atomic E-state index is 3.73. The summed E-state index contributed by atoms with van der Waals surface area (Å²) in [5.74, 6) is 0. The van der Waals surface area contributed by atoms with E-state index in [1.54, 1.807) is 0 Å². The lowest BCUT2D eigenvalue weighted by atomic mass is 10.2. The molecule has 0 aromatic heterocycles. The van der Waals surface area contributed by atoms with Gasteiger partial charge in [0.2, 0.25) is 0 Å². The molecule has 0 aliphatic rings.